The molecule has 1 amide bonds. The Morgan fingerprint density at radius 1 is 1.38 bits per heavy atom. The molecule has 0 aliphatic heterocycles. The molecule has 1 aromatic carbocycles. The lowest BCUT2D eigenvalue weighted by molar-refractivity contribution is 0.0915. The second kappa shape index (κ2) is 8.42. The van der Waals surface area contributed by atoms with Gasteiger partial charge >= 0.3 is 5.69 Å². The first-order valence-electron chi connectivity index (χ1n) is 7.37. The number of carbonyl (C=O) groups is 1. The highest BCUT2D eigenvalue weighted by atomic mass is 35.5. The Hall–Kier alpha value is -2.45. The van der Waals surface area contributed by atoms with Crippen molar-refractivity contribution in [3.63, 3.8) is 0 Å². The molecular formula is C15H17ClN4O4. The van der Waals surface area contributed by atoms with Crippen LogP contribution < -0.4 is 16.6 Å². The number of rotatable bonds is 7. The molecule has 1 aromatic heterocycles. The van der Waals surface area contributed by atoms with Gasteiger partial charge in [0.05, 0.1) is 22.9 Å². The van der Waals surface area contributed by atoms with Crippen LogP contribution in [0.25, 0.3) is 5.69 Å². The topological polar surface area (TPSA) is 106 Å². The van der Waals surface area contributed by atoms with Gasteiger partial charge < -0.3 is 10.1 Å². The van der Waals surface area contributed by atoms with Crippen molar-refractivity contribution in [1.82, 2.24) is 20.1 Å². The predicted octanol–water partition coefficient (Wildman–Crippen LogP) is 0.731. The van der Waals surface area contributed by atoms with Crippen molar-refractivity contribution in [2.75, 3.05) is 19.8 Å². The highest BCUT2D eigenvalue weighted by molar-refractivity contribution is 6.33. The van der Waals surface area contributed by atoms with E-state index in [1.807, 2.05) is 6.92 Å². The molecule has 128 valence electrons. The van der Waals surface area contributed by atoms with E-state index in [-0.39, 0.29) is 16.5 Å². The van der Waals surface area contributed by atoms with Crippen molar-refractivity contribution in [3.05, 3.63) is 55.8 Å². The molecule has 0 fully saturated rings. The number of nitrogens with one attached hydrogen (secondary N) is 2. The molecule has 2 N–H and O–H groups in total. The summed E-state index contributed by atoms with van der Waals surface area (Å²) in [5.41, 5.74) is -0.794. The lowest BCUT2D eigenvalue weighted by atomic mass is 10.2. The summed E-state index contributed by atoms with van der Waals surface area (Å²) in [5.74, 6) is -0.389. The van der Waals surface area contributed by atoms with E-state index in [1.165, 1.54) is 18.2 Å². The largest absolute Gasteiger partial charge is 0.380 e. The van der Waals surface area contributed by atoms with E-state index < -0.39 is 11.2 Å². The van der Waals surface area contributed by atoms with Gasteiger partial charge in [-0.1, -0.05) is 18.5 Å². The van der Waals surface area contributed by atoms with Crippen molar-refractivity contribution < 1.29 is 9.53 Å². The van der Waals surface area contributed by atoms with Crippen LogP contribution >= 0.6 is 11.6 Å². The van der Waals surface area contributed by atoms with E-state index in [4.69, 9.17) is 16.3 Å². The monoisotopic (exact) mass is 352 g/mol. The molecule has 0 aliphatic rings. The fraction of sp³-hybridized carbons (Fsp3) is 0.333. The maximum atomic E-state index is 12.2. The van der Waals surface area contributed by atoms with Crippen LogP contribution in [0.4, 0.5) is 0 Å². The summed E-state index contributed by atoms with van der Waals surface area (Å²) in [7, 11) is 0. The summed E-state index contributed by atoms with van der Waals surface area (Å²) in [4.78, 5) is 37.1. The molecule has 2 aromatic rings. The van der Waals surface area contributed by atoms with Gasteiger partial charge in [-0.25, -0.2) is 4.79 Å². The third-order valence-corrected chi connectivity index (χ3v) is 3.36. The van der Waals surface area contributed by atoms with Crippen LogP contribution in [-0.4, -0.2) is 40.4 Å². The second-order valence-electron chi connectivity index (χ2n) is 4.88. The number of amides is 1. The minimum atomic E-state index is -0.704. The number of halogens is 1. The first-order chi connectivity index (χ1) is 11.5. The molecule has 0 spiro atoms. The smallest absolute Gasteiger partial charge is 0.349 e. The Morgan fingerprint density at radius 3 is 2.88 bits per heavy atom. The van der Waals surface area contributed by atoms with E-state index in [9.17, 15) is 14.4 Å². The van der Waals surface area contributed by atoms with Gasteiger partial charge in [-0.3, -0.25) is 14.6 Å². The summed E-state index contributed by atoms with van der Waals surface area (Å²) in [6, 6.07) is 4.44. The number of H-pyrrole nitrogens is 1. The fourth-order valence-electron chi connectivity index (χ4n) is 1.93. The minimum Gasteiger partial charge on any atom is -0.380 e. The normalized spacial score (nSPS) is 10.6. The van der Waals surface area contributed by atoms with E-state index in [1.54, 1.807) is 0 Å². The number of ether oxygens (including phenoxy) is 1. The average molecular weight is 353 g/mol. The van der Waals surface area contributed by atoms with Crippen LogP contribution in [0, 0.1) is 0 Å². The predicted molar refractivity (Wildman–Crippen MR) is 88.9 cm³/mol. The van der Waals surface area contributed by atoms with Gasteiger partial charge in [0.15, 0.2) is 0 Å². The number of hydrogen-bond acceptors (Lipinski definition) is 5. The number of aromatic nitrogens is 3. The zero-order valence-electron chi connectivity index (χ0n) is 13.0. The standard InChI is InChI=1S/C15H17ClN4O4/c1-2-6-24-7-5-17-14(22)11-8-10(3-4-12(11)16)20-15(23)19-13(21)9-18-20/h3-4,8-9H,2,5-7H2,1H3,(H,17,22)(H,19,21,23). The number of aromatic amines is 1. The lowest BCUT2D eigenvalue weighted by Gasteiger charge is -2.09. The molecule has 0 bridgehead atoms. The van der Waals surface area contributed by atoms with E-state index >= 15 is 0 Å². The molecule has 9 heteroatoms. The van der Waals surface area contributed by atoms with Gasteiger partial charge in [0.25, 0.3) is 11.5 Å². The van der Waals surface area contributed by atoms with E-state index in [2.05, 4.69) is 15.4 Å². The van der Waals surface area contributed by atoms with Crippen molar-refractivity contribution in [3.8, 4) is 5.69 Å². The maximum Gasteiger partial charge on any atom is 0.349 e. The van der Waals surface area contributed by atoms with Gasteiger partial charge in [0.2, 0.25) is 0 Å². The van der Waals surface area contributed by atoms with Crippen LogP contribution in [0.2, 0.25) is 5.02 Å². The van der Waals surface area contributed by atoms with Crippen LogP contribution in [-0.2, 0) is 4.74 Å². The van der Waals surface area contributed by atoms with Crippen molar-refractivity contribution in [1.29, 1.82) is 0 Å². The van der Waals surface area contributed by atoms with Crippen LogP contribution in [0.5, 0.6) is 0 Å². The van der Waals surface area contributed by atoms with E-state index in [0.717, 1.165) is 17.3 Å². The number of benzene rings is 1. The summed E-state index contributed by atoms with van der Waals surface area (Å²) in [5, 5.41) is 6.67. The molecule has 1 heterocycles. The highest BCUT2D eigenvalue weighted by Crippen LogP contribution is 2.18. The number of hydrogen-bond donors (Lipinski definition) is 2. The summed E-state index contributed by atoms with van der Waals surface area (Å²) in [6.45, 7) is 3.37. The fourth-order valence-corrected chi connectivity index (χ4v) is 2.14. The first-order valence-corrected chi connectivity index (χ1v) is 7.75. The number of nitrogens with zero attached hydrogens (tertiary/aromatic N) is 2. The van der Waals surface area contributed by atoms with E-state index in [0.29, 0.717) is 25.4 Å². The van der Waals surface area contributed by atoms with Crippen molar-refractivity contribution in [2.45, 2.75) is 13.3 Å². The first kappa shape index (κ1) is 17.9. The van der Waals surface area contributed by atoms with Gasteiger partial charge in [-0.15, -0.1) is 0 Å². The molecule has 24 heavy (non-hydrogen) atoms. The van der Waals surface area contributed by atoms with Gasteiger partial charge in [0.1, 0.15) is 6.20 Å². The Balaban J connectivity index is 2.17. The highest BCUT2D eigenvalue weighted by Gasteiger charge is 2.12. The molecule has 0 unspecified atom stereocenters. The van der Waals surface area contributed by atoms with Crippen molar-refractivity contribution in [2.24, 2.45) is 0 Å². The van der Waals surface area contributed by atoms with Crippen molar-refractivity contribution >= 4 is 17.5 Å². The lowest BCUT2D eigenvalue weighted by Crippen LogP contribution is -2.31. The Bertz CT molecular complexity index is 831. The quantitative estimate of drug-likeness (QED) is 0.714. The third-order valence-electron chi connectivity index (χ3n) is 3.03. The zero-order valence-corrected chi connectivity index (χ0v) is 13.8. The molecular weight excluding hydrogens is 336 g/mol. The maximum absolute atomic E-state index is 12.2. The molecule has 0 saturated carbocycles. The molecule has 8 nitrogen and oxygen atoms in total. The van der Waals surface area contributed by atoms with Gasteiger partial charge in [-0.2, -0.15) is 9.78 Å². The summed E-state index contributed by atoms with van der Waals surface area (Å²) < 4.78 is 6.25. The zero-order chi connectivity index (χ0) is 17.5. The average Bonchev–Trinajstić information content (AvgIpc) is 2.55. The second-order valence-corrected chi connectivity index (χ2v) is 5.29. The SMILES string of the molecule is CCCOCCNC(=O)c1cc(-n2ncc(=O)[nH]c2=O)ccc1Cl. The van der Waals surface area contributed by atoms with Gasteiger partial charge in [0, 0.05) is 13.2 Å². The van der Waals surface area contributed by atoms with Gasteiger partial charge in [-0.05, 0) is 24.6 Å². The Morgan fingerprint density at radius 2 is 2.17 bits per heavy atom. The third kappa shape index (κ3) is 4.53. The van der Waals surface area contributed by atoms with Crippen LogP contribution in [0.1, 0.15) is 23.7 Å². The minimum absolute atomic E-state index is 0.199. The summed E-state index contributed by atoms with van der Waals surface area (Å²) in [6.07, 6.45) is 1.88. The molecule has 2 rings (SSSR count). The summed E-state index contributed by atoms with van der Waals surface area (Å²) >= 11 is 6.05. The molecule has 0 atom stereocenters. The molecule has 0 saturated heterocycles. The Labute approximate surface area is 142 Å². The number of carbonyl (C=O) groups excluding carboxylic acids is 1. The molecule has 0 radical (unpaired) electrons. The van der Waals surface area contributed by atoms with Crippen LogP contribution in [0.15, 0.2) is 34.0 Å². The Kier molecular flexibility index (Phi) is 6.28. The molecule has 0 aliphatic carbocycles. The van der Waals surface area contributed by atoms with Crippen LogP contribution in [0.3, 0.4) is 0 Å².